The van der Waals surface area contributed by atoms with Gasteiger partial charge in [-0.15, -0.1) is 0 Å². The van der Waals surface area contributed by atoms with Crippen molar-refractivity contribution in [1.82, 2.24) is 5.32 Å². The molecule has 0 amide bonds. The van der Waals surface area contributed by atoms with Gasteiger partial charge in [0.05, 0.1) is 6.61 Å². The third-order valence-corrected chi connectivity index (χ3v) is 3.39. The van der Waals surface area contributed by atoms with Crippen molar-refractivity contribution in [1.29, 1.82) is 0 Å². The standard InChI is InChI=1S/C13H19BrN2O/c14-12-4-3-11(13(15)7-12)8-16-5-6-17-9-10-1-2-10/h3-4,7,10,16H,1-2,5-6,8-9,15H2. The SMILES string of the molecule is Nc1cc(Br)ccc1CNCCOCC1CC1. The Morgan fingerprint density at radius 2 is 2.24 bits per heavy atom. The summed E-state index contributed by atoms with van der Waals surface area (Å²) in [4.78, 5) is 0. The van der Waals surface area contributed by atoms with Crippen molar-refractivity contribution in [2.24, 2.45) is 5.92 Å². The lowest BCUT2D eigenvalue weighted by Crippen LogP contribution is -2.20. The Hall–Kier alpha value is -0.580. The van der Waals surface area contributed by atoms with Crippen molar-refractivity contribution in [3.8, 4) is 0 Å². The Balaban J connectivity index is 1.60. The lowest BCUT2D eigenvalue weighted by atomic mass is 10.2. The first-order valence-corrected chi connectivity index (χ1v) is 6.87. The minimum atomic E-state index is 0.785. The Morgan fingerprint density at radius 1 is 1.41 bits per heavy atom. The predicted octanol–water partition coefficient (Wildman–Crippen LogP) is 2.55. The molecule has 0 bridgehead atoms. The summed E-state index contributed by atoms with van der Waals surface area (Å²) in [5, 5.41) is 3.34. The molecule has 1 aliphatic carbocycles. The largest absolute Gasteiger partial charge is 0.398 e. The quantitative estimate of drug-likeness (QED) is 0.601. The fourth-order valence-corrected chi connectivity index (χ4v) is 2.01. The van der Waals surface area contributed by atoms with Gasteiger partial charge in [0.25, 0.3) is 0 Å². The van der Waals surface area contributed by atoms with Crippen molar-refractivity contribution >= 4 is 21.6 Å². The molecule has 3 nitrogen and oxygen atoms in total. The maximum absolute atomic E-state index is 5.91. The molecule has 94 valence electrons. The molecule has 0 radical (unpaired) electrons. The van der Waals surface area contributed by atoms with E-state index in [2.05, 4.69) is 21.2 Å². The summed E-state index contributed by atoms with van der Waals surface area (Å²) in [7, 11) is 0. The highest BCUT2D eigenvalue weighted by molar-refractivity contribution is 9.10. The van der Waals surface area contributed by atoms with Crippen LogP contribution >= 0.6 is 15.9 Å². The van der Waals surface area contributed by atoms with Crippen LogP contribution in [0.3, 0.4) is 0 Å². The molecule has 2 rings (SSSR count). The predicted molar refractivity (Wildman–Crippen MR) is 73.8 cm³/mol. The van der Waals surface area contributed by atoms with Crippen LogP contribution in [0, 0.1) is 5.92 Å². The molecule has 3 N–H and O–H groups in total. The molecule has 1 saturated carbocycles. The number of anilines is 1. The minimum Gasteiger partial charge on any atom is -0.398 e. The van der Waals surface area contributed by atoms with Gasteiger partial charge >= 0.3 is 0 Å². The van der Waals surface area contributed by atoms with Gasteiger partial charge < -0.3 is 15.8 Å². The average molecular weight is 299 g/mol. The second-order valence-corrected chi connectivity index (χ2v) is 5.45. The van der Waals surface area contributed by atoms with Crippen molar-refractivity contribution in [2.75, 3.05) is 25.5 Å². The van der Waals surface area contributed by atoms with Crippen LogP contribution in [0.1, 0.15) is 18.4 Å². The average Bonchev–Trinajstić information content (AvgIpc) is 3.09. The smallest absolute Gasteiger partial charge is 0.0591 e. The maximum Gasteiger partial charge on any atom is 0.0591 e. The van der Waals surface area contributed by atoms with E-state index >= 15 is 0 Å². The molecule has 0 unspecified atom stereocenters. The minimum absolute atomic E-state index is 0.785. The number of ether oxygens (including phenoxy) is 1. The van der Waals surface area contributed by atoms with E-state index in [1.54, 1.807) is 0 Å². The van der Waals surface area contributed by atoms with E-state index in [0.717, 1.165) is 47.9 Å². The van der Waals surface area contributed by atoms with Crippen LogP contribution in [-0.2, 0) is 11.3 Å². The van der Waals surface area contributed by atoms with E-state index in [1.165, 1.54) is 12.8 Å². The first-order valence-electron chi connectivity index (χ1n) is 6.08. The van der Waals surface area contributed by atoms with Crippen LogP contribution in [0.25, 0.3) is 0 Å². The van der Waals surface area contributed by atoms with Crippen LogP contribution < -0.4 is 11.1 Å². The van der Waals surface area contributed by atoms with Crippen LogP contribution in [0.15, 0.2) is 22.7 Å². The van der Waals surface area contributed by atoms with Gasteiger partial charge in [-0.3, -0.25) is 0 Å². The summed E-state index contributed by atoms with van der Waals surface area (Å²) in [6.45, 7) is 3.39. The molecule has 0 aromatic heterocycles. The van der Waals surface area contributed by atoms with Crippen molar-refractivity contribution in [2.45, 2.75) is 19.4 Å². The summed E-state index contributed by atoms with van der Waals surface area (Å²) in [5.74, 6) is 0.845. The molecular formula is C13H19BrN2O. The second kappa shape index (κ2) is 6.38. The van der Waals surface area contributed by atoms with Gasteiger partial charge in [-0.1, -0.05) is 22.0 Å². The first-order chi connectivity index (χ1) is 8.25. The van der Waals surface area contributed by atoms with E-state index in [9.17, 15) is 0 Å². The fourth-order valence-electron chi connectivity index (χ4n) is 1.63. The maximum atomic E-state index is 5.91. The van der Waals surface area contributed by atoms with E-state index < -0.39 is 0 Å². The number of nitrogens with one attached hydrogen (secondary N) is 1. The zero-order valence-corrected chi connectivity index (χ0v) is 11.5. The van der Waals surface area contributed by atoms with Gasteiger partial charge in [0.1, 0.15) is 0 Å². The highest BCUT2D eigenvalue weighted by Crippen LogP contribution is 2.28. The summed E-state index contributed by atoms with van der Waals surface area (Å²) in [6.07, 6.45) is 2.70. The molecule has 0 saturated heterocycles. The molecule has 1 aromatic rings. The highest BCUT2D eigenvalue weighted by atomic mass is 79.9. The molecule has 0 atom stereocenters. The first kappa shape index (κ1) is 12.9. The number of benzene rings is 1. The lowest BCUT2D eigenvalue weighted by molar-refractivity contribution is 0.126. The van der Waals surface area contributed by atoms with Gasteiger partial charge in [0.15, 0.2) is 0 Å². The zero-order chi connectivity index (χ0) is 12.1. The summed E-state index contributed by atoms with van der Waals surface area (Å²) in [5.41, 5.74) is 7.87. The Kier molecular flexibility index (Phi) is 4.83. The van der Waals surface area contributed by atoms with Crippen LogP contribution in [0.4, 0.5) is 5.69 Å². The number of nitrogens with two attached hydrogens (primary N) is 1. The van der Waals surface area contributed by atoms with Crippen molar-refractivity contribution in [3.05, 3.63) is 28.2 Å². The van der Waals surface area contributed by atoms with Crippen LogP contribution in [0.2, 0.25) is 0 Å². The third-order valence-electron chi connectivity index (χ3n) is 2.90. The molecule has 0 spiro atoms. The van der Waals surface area contributed by atoms with Gasteiger partial charge in [0, 0.05) is 29.9 Å². The van der Waals surface area contributed by atoms with Crippen LogP contribution in [-0.4, -0.2) is 19.8 Å². The van der Waals surface area contributed by atoms with Gasteiger partial charge in [-0.25, -0.2) is 0 Å². The Morgan fingerprint density at radius 3 is 2.94 bits per heavy atom. The monoisotopic (exact) mass is 298 g/mol. The molecule has 17 heavy (non-hydrogen) atoms. The molecule has 1 aliphatic rings. The number of hydrogen-bond donors (Lipinski definition) is 2. The summed E-state index contributed by atoms with van der Waals surface area (Å²) in [6, 6.07) is 5.98. The summed E-state index contributed by atoms with van der Waals surface area (Å²) < 4.78 is 6.56. The molecule has 1 fully saturated rings. The Bertz CT molecular complexity index is 366. The van der Waals surface area contributed by atoms with Gasteiger partial charge in [-0.05, 0) is 36.5 Å². The zero-order valence-electron chi connectivity index (χ0n) is 9.92. The van der Waals surface area contributed by atoms with Gasteiger partial charge in [-0.2, -0.15) is 0 Å². The number of hydrogen-bond acceptors (Lipinski definition) is 3. The molecule has 0 heterocycles. The second-order valence-electron chi connectivity index (χ2n) is 4.54. The molecule has 1 aromatic carbocycles. The normalized spacial score (nSPS) is 15.1. The van der Waals surface area contributed by atoms with Crippen molar-refractivity contribution < 1.29 is 4.74 Å². The van der Waals surface area contributed by atoms with E-state index in [1.807, 2.05) is 18.2 Å². The van der Waals surface area contributed by atoms with E-state index in [4.69, 9.17) is 10.5 Å². The number of rotatable bonds is 7. The van der Waals surface area contributed by atoms with Crippen LogP contribution in [0.5, 0.6) is 0 Å². The molecule has 0 aliphatic heterocycles. The van der Waals surface area contributed by atoms with Gasteiger partial charge in [0.2, 0.25) is 0 Å². The number of halogens is 1. The Labute approximate surface area is 111 Å². The van der Waals surface area contributed by atoms with E-state index in [-0.39, 0.29) is 0 Å². The molecular weight excluding hydrogens is 280 g/mol. The lowest BCUT2D eigenvalue weighted by Gasteiger charge is -2.08. The number of nitrogen functional groups attached to an aromatic ring is 1. The van der Waals surface area contributed by atoms with E-state index in [0.29, 0.717) is 0 Å². The third kappa shape index (κ3) is 4.66. The molecule has 4 heteroatoms. The topological polar surface area (TPSA) is 47.3 Å². The van der Waals surface area contributed by atoms with Crippen molar-refractivity contribution in [3.63, 3.8) is 0 Å². The fraction of sp³-hybridized carbons (Fsp3) is 0.538. The summed E-state index contributed by atoms with van der Waals surface area (Å²) >= 11 is 3.40. The highest BCUT2D eigenvalue weighted by Gasteiger charge is 2.20.